The minimum Gasteiger partial charge on any atom is -0.469 e. The average Bonchev–Trinajstić information content (AvgIpc) is 1.67. The van der Waals surface area contributed by atoms with Gasteiger partial charge in [-0.25, -0.2) is 0 Å². The molecule has 5 saturated heterocycles. The molecule has 0 spiro atoms. The van der Waals surface area contributed by atoms with Crippen molar-refractivity contribution in [2.75, 3.05) is 79.9 Å². The fourth-order valence-corrected chi connectivity index (χ4v) is 20.4. The number of carbonyl (C=O) groups excluding carboxylic acids is 3. The summed E-state index contributed by atoms with van der Waals surface area (Å²) in [5.74, 6) is 5.98. The van der Waals surface area contributed by atoms with E-state index in [1.807, 2.05) is 0 Å². The largest absolute Gasteiger partial charge is 0.469 e. The van der Waals surface area contributed by atoms with Gasteiger partial charge in [-0.1, -0.05) is 387 Å². The summed E-state index contributed by atoms with van der Waals surface area (Å²) in [6.07, 6.45) is 93.8. The lowest BCUT2D eigenvalue weighted by molar-refractivity contribution is -0.150. The molecule has 0 aromatic carbocycles. The predicted octanol–water partition coefficient (Wildman–Crippen LogP) is 27.0. The molecule has 678 valence electrons. The van der Waals surface area contributed by atoms with Crippen LogP contribution >= 0.6 is 0 Å². The molecule has 13 unspecified atom stereocenters. The Kier molecular flexibility index (Phi) is 67.5. The van der Waals surface area contributed by atoms with Crippen LogP contribution in [0.4, 0.5) is 0 Å². The molecule has 3 N–H and O–H groups in total. The predicted molar refractivity (Wildman–Crippen MR) is 484 cm³/mol. The summed E-state index contributed by atoms with van der Waals surface area (Å²) in [6.45, 7) is 19.1. The van der Waals surface area contributed by atoms with Crippen LogP contribution in [-0.2, 0) is 38.1 Å². The molecule has 9 aliphatic rings. The van der Waals surface area contributed by atoms with E-state index >= 15 is 0 Å². The van der Waals surface area contributed by atoms with Crippen molar-refractivity contribution < 1.29 is 53.4 Å². The average molecular weight is 1620 g/mol. The standard InChI is InChI=1S/C50H90O6.C36H74O2.C9H14O2.C6H12N2.CH4O/c1-3-5-7-9-11-17-23-29-41(31-25-19-13-15-21-27-37-53-49(51)43-33-35-45-47(39-43)55-45)42(30-24-18-12-10-8-6-4-2)32-26-20-14-16-22-28-38-54-50(52)44-34-36-46-48(40-44)56-46;1-3-5-7-9-11-17-23-29-35(31-25-19-13-15-21-27-33-37)36(30-24-18-12-10-8-6-4-2)32-26-20-14-16-22-28-34-38;1-11-9(10)7-3-2-6-4-8(6)5-7;1-2-8-5-3-7(1)4-6-8;1-2/h41-48H,3-40H2,1-2H3;35-38H,3-34H2,1-2H3;6-8H,2-5H2,1H3;1-6H2;2H,1H3. The van der Waals surface area contributed by atoms with Crippen molar-refractivity contribution in [3.63, 3.8) is 0 Å². The second kappa shape index (κ2) is 73.6. The van der Waals surface area contributed by atoms with Gasteiger partial charge in [0.25, 0.3) is 0 Å². The molecule has 0 amide bonds. The Labute approximate surface area is 712 Å². The van der Waals surface area contributed by atoms with Crippen LogP contribution in [0.3, 0.4) is 0 Å². The first-order chi connectivity index (χ1) is 56.6. The number of carbonyl (C=O) groups is 3. The summed E-state index contributed by atoms with van der Waals surface area (Å²) < 4.78 is 27.2. The maximum atomic E-state index is 12.5. The van der Waals surface area contributed by atoms with Crippen molar-refractivity contribution in [2.45, 2.75) is 502 Å². The SMILES string of the molecule is C1CN2CCN1CC2.CCCCCCCCCC(CCCCCCCCO)C(CCCCCCCCC)CCCCCCCCO.CCCCCCCCCC(CCCCCCCCOC(=O)C1CCC2OC2C1)C(CCCCCCCCC)CCCCCCCCOC(=O)C1CCC2OC2C1.CO.COC(=O)C1CCC2CC2C1. The maximum absolute atomic E-state index is 12.5. The van der Waals surface area contributed by atoms with Gasteiger partial charge in [0, 0.05) is 59.6 Å². The Morgan fingerprint density at radius 2 is 0.530 bits per heavy atom. The van der Waals surface area contributed by atoms with Gasteiger partial charge in [-0.2, -0.15) is 0 Å². The van der Waals surface area contributed by atoms with Crippen LogP contribution in [0, 0.1) is 53.3 Å². The van der Waals surface area contributed by atoms with E-state index in [-0.39, 0.29) is 35.7 Å². The molecule has 5 heterocycles. The first kappa shape index (κ1) is 105. The highest BCUT2D eigenvalue weighted by Gasteiger charge is 2.48. The molecule has 4 saturated carbocycles. The Morgan fingerprint density at radius 3 is 0.774 bits per heavy atom. The summed E-state index contributed by atoms with van der Waals surface area (Å²) in [7, 11) is 2.49. The Hall–Kier alpha value is -1.87. The number of ether oxygens (including phenoxy) is 5. The third kappa shape index (κ3) is 54.4. The van der Waals surface area contributed by atoms with Crippen LogP contribution < -0.4 is 0 Å². The lowest BCUT2D eigenvalue weighted by Crippen LogP contribution is -2.55. The second-order valence-corrected chi connectivity index (χ2v) is 38.0. The first-order valence-corrected chi connectivity index (χ1v) is 51.5. The third-order valence-corrected chi connectivity index (χ3v) is 28.4. The van der Waals surface area contributed by atoms with Gasteiger partial charge < -0.3 is 39.0 Å². The molecule has 13 heteroatoms. The molecule has 13 atom stereocenters. The van der Waals surface area contributed by atoms with Crippen molar-refractivity contribution in [1.82, 2.24) is 9.80 Å². The van der Waals surface area contributed by atoms with Crippen molar-refractivity contribution in [3.8, 4) is 0 Å². The molecule has 0 radical (unpaired) electrons. The number of epoxide rings is 2. The van der Waals surface area contributed by atoms with Crippen LogP contribution in [-0.4, -0.2) is 147 Å². The highest BCUT2D eigenvalue weighted by molar-refractivity contribution is 5.73. The molecule has 2 bridgehead atoms. The Bertz CT molecular complexity index is 2010. The molecule has 115 heavy (non-hydrogen) atoms. The van der Waals surface area contributed by atoms with Crippen molar-refractivity contribution >= 4 is 17.9 Å². The quantitative estimate of drug-likeness (QED) is 0.0228. The lowest BCUT2D eigenvalue weighted by atomic mass is 9.78. The third-order valence-electron chi connectivity index (χ3n) is 28.4. The number of esters is 3. The number of hydrogen-bond acceptors (Lipinski definition) is 13. The molecule has 0 aromatic rings. The molecule has 13 nitrogen and oxygen atoms in total. The number of nitrogens with zero attached hydrogens (tertiary/aromatic N) is 2. The monoisotopic (exact) mass is 1620 g/mol. The van der Waals surface area contributed by atoms with Crippen LogP contribution in [0.5, 0.6) is 0 Å². The van der Waals surface area contributed by atoms with Crippen molar-refractivity contribution in [1.29, 1.82) is 0 Å². The summed E-state index contributed by atoms with van der Waals surface area (Å²) in [5.41, 5.74) is 0. The fourth-order valence-electron chi connectivity index (χ4n) is 20.4. The van der Waals surface area contributed by atoms with Crippen molar-refractivity contribution in [2.24, 2.45) is 53.3 Å². The van der Waals surface area contributed by atoms with Gasteiger partial charge in [-0.15, -0.1) is 0 Å². The smallest absolute Gasteiger partial charge is 0.309 e. The van der Waals surface area contributed by atoms with Gasteiger partial charge in [0.1, 0.15) is 0 Å². The second-order valence-electron chi connectivity index (χ2n) is 38.0. The number of aliphatic hydroxyl groups is 3. The van der Waals surface area contributed by atoms with E-state index in [1.165, 1.54) is 419 Å². The van der Waals surface area contributed by atoms with Crippen molar-refractivity contribution in [3.05, 3.63) is 0 Å². The van der Waals surface area contributed by atoms with E-state index in [2.05, 4.69) is 37.5 Å². The van der Waals surface area contributed by atoms with E-state index in [9.17, 15) is 14.4 Å². The van der Waals surface area contributed by atoms with Crippen LogP contribution in [0.1, 0.15) is 477 Å². The molecule has 9 rings (SSSR count). The van der Waals surface area contributed by atoms with Gasteiger partial charge in [0.15, 0.2) is 0 Å². The minimum absolute atomic E-state index is 0.00958. The zero-order valence-electron chi connectivity index (χ0n) is 77.1. The van der Waals surface area contributed by atoms with E-state index < -0.39 is 0 Å². The zero-order valence-corrected chi connectivity index (χ0v) is 77.1. The highest BCUT2D eigenvalue weighted by atomic mass is 16.6. The normalized spacial score (nSPS) is 23.6. The zero-order chi connectivity index (χ0) is 82.5. The number of unbranched alkanes of at least 4 members (excludes halogenated alkanes) is 44. The molecular formula is C102H194N2O11. The number of piperazine rings is 3. The number of hydrogen-bond donors (Lipinski definition) is 3. The topological polar surface area (TPSA) is 171 Å². The Morgan fingerprint density at radius 1 is 0.287 bits per heavy atom. The lowest BCUT2D eigenvalue weighted by Gasteiger charge is -2.41. The number of rotatable bonds is 71. The number of aliphatic hydroxyl groups excluding tert-OH is 3. The van der Waals surface area contributed by atoms with Gasteiger partial charge in [0.2, 0.25) is 0 Å². The van der Waals surface area contributed by atoms with E-state index in [0.717, 1.165) is 120 Å². The van der Waals surface area contributed by atoms with Gasteiger partial charge in [0.05, 0.1) is 62.5 Å². The molecular weight excluding hydrogens is 1430 g/mol. The number of methoxy groups -OCH3 is 1. The van der Waals surface area contributed by atoms with E-state index in [1.54, 1.807) is 0 Å². The fraction of sp³-hybridized carbons (Fsp3) is 0.971. The minimum atomic E-state index is 0.00958. The maximum Gasteiger partial charge on any atom is 0.309 e. The van der Waals surface area contributed by atoms with E-state index in [0.29, 0.717) is 50.8 Å². The van der Waals surface area contributed by atoms with E-state index in [4.69, 9.17) is 39.0 Å². The molecule has 9 fully saturated rings. The summed E-state index contributed by atoms with van der Waals surface area (Å²) in [6, 6.07) is 0. The van der Waals surface area contributed by atoms with Crippen LogP contribution in [0.25, 0.3) is 0 Å². The summed E-state index contributed by atoms with van der Waals surface area (Å²) >= 11 is 0. The van der Waals surface area contributed by atoms with Gasteiger partial charge >= 0.3 is 17.9 Å². The molecule has 0 aromatic heterocycles. The Balaban J connectivity index is 0.000000399. The molecule has 5 aliphatic heterocycles. The van der Waals surface area contributed by atoms with Crippen LogP contribution in [0.15, 0.2) is 0 Å². The first-order valence-electron chi connectivity index (χ1n) is 51.5. The highest BCUT2D eigenvalue weighted by Crippen LogP contribution is 2.51. The number of fused-ring (bicyclic) bond motifs is 6. The van der Waals surface area contributed by atoms with Gasteiger partial charge in [-0.3, -0.25) is 24.2 Å². The molecule has 4 aliphatic carbocycles. The summed E-state index contributed by atoms with van der Waals surface area (Å²) in [4.78, 5) is 41.1. The summed E-state index contributed by atoms with van der Waals surface area (Å²) in [5, 5.41) is 25.1. The van der Waals surface area contributed by atoms with Crippen LogP contribution in [0.2, 0.25) is 0 Å². The van der Waals surface area contributed by atoms with Gasteiger partial charge in [-0.05, 0) is 125 Å².